The number of carbonyl (C=O) groups is 1. The third kappa shape index (κ3) is 4.82. The molecule has 17 heavy (non-hydrogen) atoms. The molecule has 0 spiro atoms. The van der Waals surface area contributed by atoms with Gasteiger partial charge in [0.2, 0.25) is 0 Å². The van der Waals surface area contributed by atoms with E-state index in [0.717, 1.165) is 0 Å². The van der Waals surface area contributed by atoms with E-state index in [0.29, 0.717) is 5.75 Å². The van der Waals surface area contributed by atoms with Crippen LogP contribution < -0.4 is 4.74 Å². The normalized spacial score (nSPS) is 12.0. The van der Waals surface area contributed by atoms with Gasteiger partial charge >= 0.3 is 0 Å². The molecule has 1 rings (SSSR count). The summed E-state index contributed by atoms with van der Waals surface area (Å²) in [6.45, 7) is 1.73. The number of nitrogens with zero attached hydrogens (tertiary/aromatic N) is 1. The lowest BCUT2D eigenvalue weighted by molar-refractivity contribution is -0.133. The van der Waals surface area contributed by atoms with Crippen LogP contribution in [0, 0.1) is 5.82 Å². The summed E-state index contributed by atoms with van der Waals surface area (Å²) < 4.78 is 17.8. The van der Waals surface area contributed by atoms with Gasteiger partial charge in [0, 0.05) is 13.6 Å². The van der Waals surface area contributed by atoms with Gasteiger partial charge in [-0.15, -0.1) is 0 Å². The number of aliphatic hydroxyl groups is 1. The van der Waals surface area contributed by atoms with Crippen molar-refractivity contribution in [2.24, 2.45) is 0 Å². The van der Waals surface area contributed by atoms with Crippen molar-refractivity contribution in [2.75, 3.05) is 20.2 Å². The Hall–Kier alpha value is -1.62. The average Bonchev–Trinajstić information content (AvgIpc) is 2.27. The van der Waals surface area contributed by atoms with Gasteiger partial charge < -0.3 is 14.7 Å². The zero-order chi connectivity index (χ0) is 12.8. The van der Waals surface area contributed by atoms with Gasteiger partial charge in [0.05, 0.1) is 6.10 Å². The molecular formula is C12H16FNO3. The van der Waals surface area contributed by atoms with Crippen molar-refractivity contribution in [3.63, 3.8) is 0 Å². The maximum atomic E-state index is 12.6. The maximum Gasteiger partial charge on any atom is 0.260 e. The smallest absolute Gasteiger partial charge is 0.260 e. The first kappa shape index (κ1) is 13.4. The van der Waals surface area contributed by atoms with Crippen LogP contribution >= 0.6 is 0 Å². The largest absolute Gasteiger partial charge is 0.484 e. The second-order valence-corrected chi connectivity index (χ2v) is 3.87. The lowest BCUT2D eigenvalue weighted by Crippen LogP contribution is -2.36. The van der Waals surface area contributed by atoms with Crippen LogP contribution in [0.2, 0.25) is 0 Å². The van der Waals surface area contributed by atoms with Crippen LogP contribution in [0.1, 0.15) is 6.92 Å². The van der Waals surface area contributed by atoms with Gasteiger partial charge in [-0.1, -0.05) is 0 Å². The Morgan fingerprint density at radius 1 is 1.47 bits per heavy atom. The van der Waals surface area contributed by atoms with Crippen LogP contribution in [0.5, 0.6) is 5.75 Å². The fourth-order valence-electron chi connectivity index (χ4n) is 1.28. The Kier molecular flexibility index (Phi) is 4.90. The Balaban J connectivity index is 2.40. The number of rotatable bonds is 5. The van der Waals surface area contributed by atoms with Crippen LogP contribution in [-0.2, 0) is 4.79 Å². The topological polar surface area (TPSA) is 49.8 Å². The van der Waals surface area contributed by atoms with Crippen molar-refractivity contribution in [1.29, 1.82) is 0 Å². The molecule has 4 nitrogen and oxygen atoms in total. The van der Waals surface area contributed by atoms with Crippen LogP contribution in [0.4, 0.5) is 4.39 Å². The monoisotopic (exact) mass is 241 g/mol. The predicted molar refractivity (Wildman–Crippen MR) is 61.2 cm³/mol. The highest BCUT2D eigenvalue weighted by molar-refractivity contribution is 5.77. The fraction of sp³-hybridized carbons (Fsp3) is 0.417. The third-order valence-electron chi connectivity index (χ3n) is 2.14. The van der Waals surface area contributed by atoms with Crippen molar-refractivity contribution in [3.05, 3.63) is 30.1 Å². The molecule has 1 N–H and O–H groups in total. The highest BCUT2D eigenvalue weighted by Crippen LogP contribution is 2.10. The zero-order valence-corrected chi connectivity index (χ0v) is 9.89. The summed E-state index contributed by atoms with van der Waals surface area (Å²) in [6, 6.07) is 5.44. The molecule has 0 heterocycles. The van der Waals surface area contributed by atoms with Crippen molar-refractivity contribution in [2.45, 2.75) is 13.0 Å². The minimum Gasteiger partial charge on any atom is -0.484 e. The number of likely N-dealkylation sites (N-methyl/N-ethyl adjacent to an activating group) is 1. The molecule has 0 saturated carbocycles. The van der Waals surface area contributed by atoms with Gasteiger partial charge in [-0.05, 0) is 31.2 Å². The lowest BCUT2D eigenvalue weighted by atomic mass is 10.3. The van der Waals surface area contributed by atoms with Gasteiger partial charge in [0.1, 0.15) is 11.6 Å². The van der Waals surface area contributed by atoms with E-state index < -0.39 is 6.10 Å². The second kappa shape index (κ2) is 6.20. The number of ether oxygens (including phenoxy) is 1. The molecule has 0 aliphatic rings. The number of halogens is 1. The first-order valence-electron chi connectivity index (χ1n) is 5.29. The first-order valence-corrected chi connectivity index (χ1v) is 5.29. The molecule has 94 valence electrons. The minimum absolute atomic E-state index is 0.130. The van der Waals surface area contributed by atoms with E-state index in [2.05, 4.69) is 0 Å². The standard InChI is InChI=1S/C12H16FNO3/c1-9(15)7-14(2)12(16)8-17-11-5-3-10(13)4-6-11/h3-6,9,15H,7-8H2,1-2H3. The fourth-order valence-corrected chi connectivity index (χ4v) is 1.28. The van der Waals surface area contributed by atoms with Crippen molar-refractivity contribution < 1.29 is 19.0 Å². The van der Waals surface area contributed by atoms with Crippen molar-refractivity contribution in [3.8, 4) is 5.75 Å². The summed E-state index contributed by atoms with van der Waals surface area (Å²) in [6.07, 6.45) is -0.574. The van der Waals surface area contributed by atoms with E-state index >= 15 is 0 Å². The average molecular weight is 241 g/mol. The number of hydrogen-bond donors (Lipinski definition) is 1. The minimum atomic E-state index is -0.574. The van der Waals surface area contributed by atoms with E-state index in [1.165, 1.54) is 29.2 Å². The quantitative estimate of drug-likeness (QED) is 0.838. The molecule has 1 unspecified atom stereocenters. The summed E-state index contributed by atoms with van der Waals surface area (Å²) in [5.74, 6) is -0.157. The van der Waals surface area contributed by atoms with Crippen LogP contribution in [-0.4, -0.2) is 42.2 Å². The molecule has 0 aliphatic carbocycles. The van der Waals surface area contributed by atoms with Crippen LogP contribution in [0.3, 0.4) is 0 Å². The van der Waals surface area contributed by atoms with Crippen LogP contribution in [0.15, 0.2) is 24.3 Å². The molecule has 1 aromatic rings. The molecule has 0 aliphatic heterocycles. The highest BCUT2D eigenvalue weighted by Gasteiger charge is 2.11. The van der Waals surface area contributed by atoms with Gasteiger partial charge in [-0.2, -0.15) is 0 Å². The third-order valence-corrected chi connectivity index (χ3v) is 2.14. The highest BCUT2D eigenvalue weighted by atomic mass is 19.1. The summed E-state index contributed by atoms with van der Waals surface area (Å²) in [7, 11) is 1.59. The molecule has 0 aromatic heterocycles. The molecule has 1 aromatic carbocycles. The summed E-state index contributed by atoms with van der Waals surface area (Å²) in [5.41, 5.74) is 0. The summed E-state index contributed by atoms with van der Waals surface area (Å²) in [4.78, 5) is 12.9. The van der Waals surface area contributed by atoms with Crippen molar-refractivity contribution >= 4 is 5.91 Å². The Morgan fingerprint density at radius 3 is 2.59 bits per heavy atom. The number of hydrogen-bond acceptors (Lipinski definition) is 3. The van der Waals surface area contributed by atoms with E-state index in [-0.39, 0.29) is 24.9 Å². The Morgan fingerprint density at radius 2 is 2.06 bits per heavy atom. The zero-order valence-electron chi connectivity index (χ0n) is 9.89. The second-order valence-electron chi connectivity index (χ2n) is 3.87. The van der Waals surface area contributed by atoms with E-state index in [4.69, 9.17) is 9.84 Å². The molecule has 0 radical (unpaired) electrons. The molecular weight excluding hydrogens is 225 g/mol. The Labute approximate surface area is 99.6 Å². The van der Waals surface area contributed by atoms with Crippen LogP contribution in [0.25, 0.3) is 0 Å². The maximum absolute atomic E-state index is 12.6. The number of aliphatic hydroxyl groups excluding tert-OH is 1. The summed E-state index contributed by atoms with van der Waals surface area (Å²) in [5, 5.41) is 9.11. The first-order chi connectivity index (χ1) is 7.99. The van der Waals surface area contributed by atoms with Gasteiger partial charge in [0.15, 0.2) is 6.61 Å². The lowest BCUT2D eigenvalue weighted by Gasteiger charge is -2.18. The predicted octanol–water partition coefficient (Wildman–Crippen LogP) is 1.04. The van der Waals surface area contributed by atoms with Gasteiger partial charge in [-0.25, -0.2) is 4.39 Å². The summed E-state index contributed by atoms with van der Waals surface area (Å²) >= 11 is 0. The SMILES string of the molecule is CC(O)CN(C)C(=O)COc1ccc(F)cc1. The number of carbonyl (C=O) groups excluding carboxylic acids is 1. The number of benzene rings is 1. The Bertz CT molecular complexity index is 365. The molecule has 5 heteroatoms. The molecule has 1 amide bonds. The van der Waals surface area contributed by atoms with E-state index in [9.17, 15) is 9.18 Å². The van der Waals surface area contributed by atoms with Gasteiger partial charge in [-0.3, -0.25) is 4.79 Å². The van der Waals surface area contributed by atoms with E-state index in [1.54, 1.807) is 14.0 Å². The van der Waals surface area contributed by atoms with Gasteiger partial charge in [0.25, 0.3) is 5.91 Å². The molecule has 0 saturated heterocycles. The van der Waals surface area contributed by atoms with Crippen molar-refractivity contribution in [1.82, 2.24) is 4.90 Å². The van der Waals surface area contributed by atoms with E-state index in [1.807, 2.05) is 0 Å². The molecule has 0 bridgehead atoms. The molecule has 0 fully saturated rings. The molecule has 1 atom stereocenters. The number of amides is 1.